The van der Waals surface area contributed by atoms with Crippen molar-refractivity contribution in [3.05, 3.63) is 54.2 Å². The van der Waals surface area contributed by atoms with Crippen molar-refractivity contribution in [2.75, 3.05) is 35.6 Å². The fourth-order valence-electron chi connectivity index (χ4n) is 2.95. The number of anilines is 3. The number of carbonyl (C=O) groups excluding carboxylic acids is 1. The Hall–Kier alpha value is -3.02. The molecular formula is C20H24N4O2. The van der Waals surface area contributed by atoms with Gasteiger partial charge in [-0.05, 0) is 61.4 Å². The summed E-state index contributed by atoms with van der Waals surface area (Å²) in [4.78, 5) is 18.1. The van der Waals surface area contributed by atoms with E-state index in [0.29, 0.717) is 12.6 Å². The number of nitrogens with one attached hydrogen (secondary N) is 1. The Morgan fingerprint density at radius 1 is 1.35 bits per heavy atom. The van der Waals surface area contributed by atoms with Crippen LogP contribution in [0.2, 0.25) is 0 Å². The lowest BCUT2D eigenvalue weighted by molar-refractivity contribution is -0.137. The number of hydrogen-bond acceptors (Lipinski definition) is 6. The van der Waals surface area contributed by atoms with Crippen molar-refractivity contribution in [3.8, 4) is 0 Å². The van der Waals surface area contributed by atoms with Crippen molar-refractivity contribution >= 4 is 29.2 Å². The minimum atomic E-state index is -0.344. The molecule has 0 unspecified atom stereocenters. The molecule has 136 valence electrons. The van der Waals surface area contributed by atoms with Crippen molar-refractivity contribution in [2.45, 2.75) is 19.4 Å². The number of pyridine rings is 1. The highest BCUT2D eigenvalue weighted by Gasteiger charge is 2.22. The molecule has 1 fully saturated rings. The number of ether oxygens (including phenoxy) is 1. The van der Waals surface area contributed by atoms with Crippen molar-refractivity contribution in [1.82, 2.24) is 4.98 Å². The largest absolute Gasteiger partial charge is 0.463 e. The van der Waals surface area contributed by atoms with Crippen LogP contribution in [-0.4, -0.2) is 36.7 Å². The van der Waals surface area contributed by atoms with Crippen LogP contribution in [0.3, 0.4) is 0 Å². The molecule has 6 heteroatoms. The van der Waals surface area contributed by atoms with E-state index >= 15 is 0 Å². The molecule has 0 bridgehead atoms. The highest BCUT2D eigenvalue weighted by molar-refractivity contribution is 5.86. The Labute approximate surface area is 153 Å². The maximum absolute atomic E-state index is 11.3. The number of rotatable bonds is 6. The molecule has 0 spiro atoms. The molecule has 0 radical (unpaired) electrons. The van der Waals surface area contributed by atoms with Gasteiger partial charge in [0.2, 0.25) is 0 Å². The predicted molar refractivity (Wildman–Crippen MR) is 105 cm³/mol. The predicted octanol–water partition coefficient (Wildman–Crippen LogP) is 2.93. The summed E-state index contributed by atoms with van der Waals surface area (Å²) < 4.78 is 4.86. The van der Waals surface area contributed by atoms with Gasteiger partial charge < -0.3 is 20.7 Å². The van der Waals surface area contributed by atoms with Gasteiger partial charge in [-0.25, -0.2) is 9.78 Å². The zero-order valence-electron chi connectivity index (χ0n) is 14.9. The van der Waals surface area contributed by atoms with E-state index < -0.39 is 0 Å². The average Bonchev–Trinajstić information content (AvgIpc) is 3.10. The van der Waals surface area contributed by atoms with Gasteiger partial charge in [-0.2, -0.15) is 0 Å². The van der Waals surface area contributed by atoms with Crippen molar-refractivity contribution in [1.29, 1.82) is 0 Å². The smallest absolute Gasteiger partial charge is 0.330 e. The quantitative estimate of drug-likeness (QED) is 0.473. The Morgan fingerprint density at radius 2 is 2.15 bits per heavy atom. The van der Waals surface area contributed by atoms with Crippen LogP contribution in [0.15, 0.2) is 48.7 Å². The zero-order valence-corrected chi connectivity index (χ0v) is 14.9. The number of esters is 1. The van der Waals surface area contributed by atoms with Gasteiger partial charge in [0.25, 0.3) is 0 Å². The lowest BCUT2D eigenvalue weighted by Crippen LogP contribution is -2.26. The maximum atomic E-state index is 11.3. The van der Waals surface area contributed by atoms with Crippen LogP contribution in [0, 0.1) is 0 Å². The second-order valence-corrected chi connectivity index (χ2v) is 6.23. The molecule has 0 aliphatic carbocycles. The van der Waals surface area contributed by atoms with E-state index in [4.69, 9.17) is 10.5 Å². The zero-order chi connectivity index (χ0) is 18.4. The number of hydrogen-bond donors (Lipinski definition) is 2. The first kappa shape index (κ1) is 17.8. The summed E-state index contributed by atoms with van der Waals surface area (Å²) in [5.74, 6) is 0.492. The molecule has 0 amide bonds. The highest BCUT2D eigenvalue weighted by Crippen LogP contribution is 2.23. The van der Waals surface area contributed by atoms with Crippen LogP contribution in [0.25, 0.3) is 6.08 Å². The fourth-order valence-corrected chi connectivity index (χ4v) is 2.95. The summed E-state index contributed by atoms with van der Waals surface area (Å²) in [5, 5.41) is 3.47. The minimum absolute atomic E-state index is 0.344. The topological polar surface area (TPSA) is 80.5 Å². The first-order chi connectivity index (χ1) is 12.6. The molecule has 1 aromatic carbocycles. The molecule has 2 heterocycles. The molecule has 3 rings (SSSR count). The minimum Gasteiger partial charge on any atom is -0.463 e. The molecule has 2 aromatic rings. The van der Waals surface area contributed by atoms with Crippen LogP contribution in [0.1, 0.15) is 18.9 Å². The summed E-state index contributed by atoms with van der Waals surface area (Å²) in [6.45, 7) is 4.09. The molecule has 0 saturated carbocycles. The monoisotopic (exact) mass is 352 g/mol. The van der Waals surface area contributed by atoms with E-state index in [9.17, 15) is 4.79 Å². The first-order valence-corrected chi connectivity index (χ1v) is 8.82. The summed E-state index contributed by atoms with van der Waals surface area (Å²) in [5.41, 5.74) is 8.58. The van der Waals surface area contributed by atoms with Crippen LogP contribution >= 0.6 is 0 Å². The molecule has 1 aromatic heterocycles. The second-order valence-electron chi connectivity index (χ2n) is 6.23. The summed E-state index contributed by atoms with van der Waals surface area (Å²) in [7, 11) is 0. The molecule has 26 heavy (non-hydrogen) atoms. The Balaban J connectivity index is 1.53. The Kier molecular flexibility index (Phi) is 5.73. The summed E-state index contributed by atoms with van der Waals surface area (Å²) in [6.07, 6.45) is 5.91. The molecule has 1 aliphatic heterocycles. The van der Waals surface area contributed by atoms with E-state index in [1.54, 1.807) is 19.2 Å². The SMILES string of the molecule is CCOC(=O)C=Cc1ccc(N[C@@H]2CCN(c3ccc(N)cc3)C2)nc1. The third kappa shape index (κ3) is 4.75. The molecule has 1 aliphatic rings. The van der Waals surface area contributed by atoms with Crippen molar-refractivity contribution in [2.24, 2.45) is 0 Å². The summed E-state index contributed by atoms with van der Waals surface area (Å²) >= 11 is 0. The lowest BCUT2D eigenvalue weighted by atomic mass is 10.2. The van der Waals surface area contributed by atoms with Crippen molar-refractivity contribution < 1.29 is 9.53 Å². The summed E-state index contributed by atoms with van der Waals surface area (Å²) in [6, 6.07) is 12.2. The Bertz CT molecular complexity index is 756. The molecule has 6 nitrogen and oxygen atoms in total. The van der Waals surface area contributed by atoms with Crippen molar-refractivity contribution in [3.63, 3.8) is 0 Å². The van der Waals surface area contributed by atoms with Crippen LogP contribution < -0.4 is 16.0 Å². The number of nitrogens with zero attached hydrogens (tertiary/aromatic N) is 2. The van der Waals surface area contributed by atoms with Gasteiger partial charge in [0.1, 0.15) is 5.82 Å². The number of carbonyl (C=O) groups is 1. The van der Waals surface area contributed by atoms with Crippen LogP contribution in [0.5, 0.6) is 0 Å². The van der Waals surface area contributed by atoms with E-state index in [2.05, 4.69) is 27.3 Å². The fraction of sp³-hybridized carbons (Fsp3) is 0.300. The molecule has 1 saturated heterocycles. The highest BCUT2D eigenvalue weighted by atomic mass is 16.5. The maximum Gasteiger partial charge on any atom is 0.330 e. The lowest BCUT2D eigenvalue weighted by Gasteiger charge is -2.19. The van der Waals surface area contributed by atoms with E-state index in [-0.39, 0.29) is 5.97 Å². The normalized spacial score (nSPS) is 16.8. The van der Waals surface area contributed by atoms with E-state index in [1.807, 2.05) is 24.3 Å². The first-order valence-electron chi connectivity index (χ1n) is 8.82. The molecular weight excluding hydrogens is 328 g/mol. The Morgan fingerprint density at radius 3 is 2.85 bits per heavy atom. The van der Waals surface area contributed by atoms with Gasteiger partial charge in [0, 0.05) is 42.8 Å². The second kappa shape index (κ2) is 8.38. The van der Waals surface area contributed by atoms with Gasteiger partial charge in [0.15, 0.2) is 0 Å². The van der Waals surface area contributed by atoms with Gasteiger partial charge in [-0.1, -0.05) is 0 Å². The van der Waals surface area contributed by atoms with Gasteiger partial charge in [-0.3, -0.25) is 0 Å². The van der Waals surface area contributed by atoms with Gasteiger partial charge in [-0.15, -0.1) is 0 Å². The van der Waals surface area contributed by atoms with E-state index in [0.717, 1.165) is 36.6 Å². The number of nitrogen functional groups attached to an aromatic ring is 1. The standard InChI is InChI=1S/C20H24N4O2/c1-2-26-20(25)10-4-15-3-9-19(22-13-15)23-17-11-12-24(14-17)18-7-5-16(21)6-8-18/h3-10,13,17H,2,11-12,14,21H2,1H3,(H,22,23)/t17-/m1/s1. The average molecular weight is 352 g/mol. The third-order valence-electron chi connectivity index (χ3n) is 4.28. The number of benzene rings is 1. The molecule has 1 atom stereocenters. The van der Waals surface area contributed by atoms with Gasteiger partial charge in [0.05, 0.1) is 6.61 Å². The van der Waals surface area contributed by atoms with Crippen LogP contribution in [0.4, 0.5) is 17.2 Å². The van der Waals surface area contributed by atoms with Gasteiger partial charge >= 0.3 is 5.97 Å². The van der Waals surface area contributed by atoms with E-state index in [1.165, 1.54) is 11.8 Å². The van der Waals surface area contributed by atoms with Crippen LogP contribution in [-0.2, 0) is 9.53 Å². The molecule has 3 N–H and O–H groups in total. The third-order valence-corrected chi connectivity index (χ3v) is 4.28. The number of aromatic nitrogens is 1. The number of nitrogens with two attached hydrogens (primary N) is 1.